The normalized spacial score (nSPS) is 17.0. The molecular weight excluding hydrogens is 839 g/mol. The summed E-state index contributed by atoms with van der Waals surface area (Å²) in [6.45, 7) is -0.959. The van der Waals surface area contributed by atoms with Crippen molar-refractivity contribution in [2.45, 2.75) is 43.7 Å². The Balaban J connectivity index is 1.25. The molecule has 1 amide bonds. The molecule has 2 N–H and O–H groups in total. The molecule has 1 saturated carbocycles. The first-order valence-corrected chi connectivity index (χ1v) is 19.9. The summed E-state index contributed by atoms with van der Waals surface area (Å²) >= 11 is 7.93. The fraction of sp³-hybridized carbons (Fsp3) is 0.250. The molecule has 0 spiro atoms. The van der Waals surface area contributed by atoms with Crippen molar-refractivity contribution in [3.63, 3.8) is 0 Å². The molecule has 0 saturated heterocycles. The molecule has 2 unspecified atom stereocenters. The molecule has 4 heterocycles. The number of carbonyl (C=O) groups excluding carboxylic acids is 1. The van der Waals surface area contributed by atoms with E-state index in [4.69, 9.17) is 16.6 Å². The number of pyridine rings is 1. The van der Waals surface area contributed by atoms with Gasteiger partial charge in [-0.05, 0) is 78.6 Å². The van der Waals surface area contributed by atoms with Gasteiger partial charge in [0.25, 0.3) is 17.9 Å². The molecule has 20 heteroatoms. The van der Waals surface area contributed by atoms with Crippen LogP contribution in [0, 0.1) is 23.4 Å². The molecule has 0 radical (unpaired) electrons. The van der Waals surface area contributed by atoms with E-state index in [9.17, 15) is 31.5 Å². The zero-order valence-corrected chi connectivity index (χ0v) is 32.7. The number of fused-ring (bicyclic) bond motifs is 5. The van der Waals surface area contributed by atoms with Crippen LogP contribution in [0.4, 0.5) is 36.6 Å². The van der Waals surface area contributed by atoms with Gasteiger partial charge in [0.15, 0.2) is 11.5 Å². The smallest absolute Gasteiger partial charge is 0.293 e. The van der Waals surface area contributed by atoms with Crippen molar-refractivity contribution in [3.8, 4) is 16.9 Å². The summed E-state index contributed by atoms with van der Waals surface area (Å²) in [6, 6.07) is 12.6. The standard InChI is InChI=1S/C40H29ClF7N9O2S/c1-55-33-28(10-8-25(41)31(33)37(53-55)54-60-2)57-38(51-36-22(39(57)59)7-9-26(50-36)18-3-5-19(42)6-4-18)27(13-17-11-20(43)14-21(44)12-17)49-29(58)16-56-34-30(32(52-56)35(45)46)23-15-24(23)40(34,47)48/h3-12,14,23-24,27,35H,13,15-16H2,1-2H3,(H,49,58)(H,53,54)/t23?,24-,27?/m1/s1. The van der Waals surface area contributed by atoms with Crippen LogP contribution < -0.4 is 15.6 Å². The van der Waals surface area contributed by atoms with E-state index in [1.165, 1.54) is 65.2 Å². The molecule has 2 aliphatic rings. The molecule has 0 bridgehead atoms. The number of carbonyl (C=O) groups is 1. The summed E-state index contributed by atoms with van der Waals surface area (Å²) in [5.74, 6) is -8.85. The van der Waals surface area contributed by atoms with Crippen LogP contribution in [-0.2, 0) is 30.7 Å². The van der Waals surface area contributed by atoms with E-state index < -0.39 is 83.5 Å². The Kier molecular flexibility index (Phi) is 9.65. The molecule has 9 rings (SSSR count). The van der Waals surface area contributed by atoms with Crippen molar-refractivity contribution in [2.24, 2.45) is 13.0 Å². The average Bonchev–Trinajstić information content (AvgIpc) is 3.73. The highest BCUT2D eigenvalue weighted by Gasteiger charge is 2.67. The highest BCUT2D eigenvalue weighted by molar-refractivity contribution is 7.99. The molecule has 2 aliphatic carbocycles. The van der Waals surface area contributed by atoms with Crippen LogP contribution in [0.15, 0.2) is 71.5 Å². The lowest BCUT2D eigenvalue weighted by atomic mass is 10.0. The van der Waals surface area contributed by atoms with E-state index in [1.54, 1.807) is 13.3 Å². The highest BCUT2D eigenvalue weighted by atomic mass is 35.5. The van der Waals surface area contributed by atoms with Crippen LogP contribution in [0.1, 0.15) is 53.1 Å². The first-order valence-electron chi connectivity index (χ1n) is 18.3. The molecule has 11 nitrogen and oxygen atoms in total. The molecule has 60 heavy (non-hydrogen) atoms. The first-order chi connectivity index (χ1) is 28.6. The molecule has 3 aromatic carbocycles. The van der Waals surface area contributed by atoms with Gasteiger partial charge in [0.2, 0.25) is 5.91 Å². The summed E-state index contributed by atoms with van der Waals surface area (Å²) in [5.41, 5.74) is -1.49. The van der Waals surface area contributed by atoms with E-state index in [0.717, 1.165) is 16.7 Å². The van der Waals surface area contributed by atoms with E-state index in [1.807, 2.05) is 0 Å². The monoisotopic (exact) mass is 867 g/mol. The van der Waals surface area contributed by atoms with Crippen LogP contribution in [0.2, 0.25) is 5.02 Å². The third kappa shape index (κ3) is 6.63. The largest absolute Gasteiger partial charge is 0.344 e. The summed E-state index contributed by atoms with van der Waals surface area (Å²) in [6.07, 6.45) is -1.85. The number of nitrogens with one attached hydrogen (secondary N) is 2. The van der Waals surface area contributed by atoms with Crippen molar-refractivity contribution in [1.82, 2.24) is 39.4 Å². The fourth-order valence-electron chi connectivity index (χ4n) is 8.16. The van der Waals surface area contributed by atoms with Gasteiger partial charge >= 0.3 is 0 Å². The highest BCUT2D eigenvalue weighted by Crippen LogP contribution is 2.68. The van der Waals surface area contributed by atoms with E-state index in [2.05, 4.69) is 25.2 Å². The number of anilines is 1. The molecule has 4 aromatic heterocycles. The van der Waals surface area contributed by atoms with Gasteiger partial charge in [-0.2, -0.15) is 19.0 Å². The number of hydrogen-bond donors (Lipinski definition) is 2. The van der Waals surface area contributed by atoms with E-state index in [-0.39, 0.29) is 45.1 Å². The van der Waals surface area contributed by atoms with Crippen molar-refractivity contribution in [3.05, 3.63) is 128 Å². The number of amides is 1. The molecule has 308 valence electrons. The van der Waals surface area contributed by atoms with Crippen LogP contribution in [0.25, 0.3) is 38.9 Å². The second-order valence-corrected chi connectivity index (χ2v) is 15.6. The number of rotatable bonds is 11. The Morgan fingerprint density at radius 3 is 2.42 bits per heavy atom. The van der Waals surface area contributed by atoms with Gasteiger partial charge in [0, 0.05) is 42.8 Å². The maximum Gasteiger partial charge on any atom is 0.293 e. The summed E-state index contributed by atoms with van der Waals surface area (Å²) < 4.78 is 109. The van der Waals surface area contributed by atoms with Gasteiger partial charge in [-0.1, -0.05) is 23.5 Å². The van der Waals surface area contributed by atoms with Gasteiger partial charge in [-0.15, -0.1) is 0 Å². The Morgan fingerprint density at radius 2 is 1.72 bits per heavy atom. The number of aryl methyl sites for hydroxylation is 1. The lowest BCUT2D eigenvalue weighted by Crippen LogP contribution is -2.38. The molecule has 3 atom stereocenters. The van der Waals surface area contributed by atoms with Crippen LogP contribution in [0.5, 0.6) is 0 Å². The molecule has 1 fully saturated rings. The second kappa shape index (κ2) is 14.6. The maximum atomic E-state index is 15.5. The summed E-state index contributed by atoms with van der Waals surface area (Å²) in [5, 5.41) is 11.6. The lowest BCUT2D eigenvalue weighted by molar-refractivity contribution is -0.123. The Bertz CT molecular complexity index is 2940. The Hall–Kier alpha value is -5.95. The van der Waals surface area contributed by atoms with Gasteiger partial charge in [0.05, 0.1) is 38.7 Å². The average molecular weight is 868 g/mol. The quantitative estimate of drug-likeness (QED) is 0.0980. The minimum absolute atomic E-state index is 0.00773. The summed E-state index contributed by atoms with van der Waals surface area (Å²) in [4.78, 5) is 38.4. The molecular formula is C40H29ClF7N9O2S. The zero-order valence-electron chi connectivity index (χ0n) is 31.2. The van der Waals surface area contributed by atoms with Gasteiger partial charge in [-0.25, -0.2) is 31.9 Å². The number of nitrogens with zero attached hydrogens (tertiary/aromatic N) is 7. The second-order valence-electron chi connectivity index (χ2n) is 14.5. The topological polar surface area (TPSA) is 125 Å². The minimum Gasteiger partial charge on any atom is -0.344 e. The Morgan fingerprint density at radius 1 is 0.983 bits per heavy atom. The van der Waals surface area contributed by atoms with Crippen LogP contribution in [0.3, 0.4) is 0 Å². The Labute approximate surface area is 343 Å². The third-order valence-electron chi connectivity index (χ3n) is 10.7. The van der Waals surface area contributed by atoms with Crippen molar-refractivity contribution < 1.29 is 35.5 Å². The van der Waals surface area contributed by atoms with Gasteiger partial charge in [0.1, 0.15) is 41.2 Å². The van der Waals surface area contributed by atoms with Gasteiger partial charge < -0.3 is 10.0 Å². The predicted octanol–water partition coefficient (Wildman–Crippen LogP) is 8.54. The molecule has 7 aromatic rings. The first kappa shape index (κ1) is 39.5. The maximum absolute atomic E-state index is 15.5. The SMILES string of the molecule is CSNc1nn(C)c2c(-n3c(C(Cc4cc(F)cc(F)c4)NC(=O)Cn4nc(C(F)F)c5c4C(F)(F)[C@@H]4CC54)nc4nc(-c5ccc(F)cc5)ccc4c3=O)ccc(Cl)c12. The summed E-state index contributed by atoms with van der Waals surface area (Å²) in [7, 11) is 1.61. The van der Waals surface area contributed by atoms with E-state index in [0.29, 0.717) is 38.7 Å². The van der Waals surface area contributed by atoms with Crippen LogP contribution in [-0.4, -0.2) is 46.3 Å². The molecule has 0 aliphatic heterocycles. The predicted molar refractivity (Wildman–Crippen MR) is 210 cm³/mol. The number of halogens is 8. The van der Waals surface area contributed by atoms with E-state index >= 15 is 8.78 Å². The van der Waals surface area contributed by atoms with Crippen molar-refractivity contribution in [1.29, 1.82) is 0 Å². The third-order valence-corrected chi connectivity index (χ3v) is 11.4. The number of aromatic nitrogens is 7. The van der Waals surface area contributed by atoms with Crippen molar-refractivity contribution >= 4 is 57.2 Å². The number of hydrogen-bond acceptors (Lipinski definition) is 8. The number of alkyl halides is 4. The lowest BCUT2D eigenvalue weighted by Gasteiger charge is -2.24. The fourth-order valence-corrected chi connectivity index (χ4v) is 8.74. The minimum atomic E-state index is -3.53. The van der Waals surface area contributed by atoms with Gasteiger partial charge in [-0.3, -0.25) is 23.5 Å². The number of benzene rings is 3. The zero-order chi connectivity index (χ0) is 42.4. The van der Waals surface area contributed by atoms with Crippen molar-refractivity contribution in [2.75, 3.05) is 11.0 Å². The van der Waals surface area contributed by atoms with Crippen LogP contribution >= 0.6 is 23.5 Å².